The van der Waals surface area contributed by atoms with Crippen molar-refractivity contribution in [1.82, 2.24) is 4.90 Å². The summed E-state index contributed by atoms with van der Waals surface area (Å²) in [6.45, 7) is 1.43. The third kappa shape index (κ3) is 1.59. The maximum Gasteiger partial charge on any atom is 0.231 e. The molecule has 1 N–H and O–H groups in total. The van der Waals surface area contributed by atoms with Crippen LogP contribution in [0.5, 0.6) is 11.5 Å². The van der Waals surface area contributed by atoms with Crippen molar-refractivity contribution in [2.24, 2.45) is 0 Å². The van der Waals surface area contributed by atoms with Crippen LogP contribution in [0.4, 0.5) is 0 Å². The van der Waals surface area contributed by atoms with Gasteiger partial charge >= 0.3 is 0 Å². The lowest BCUT2D eigenvalue weighted by atomic mass is 9.63. The maximum atomic E-state index is 11.7. The molecule has 1 saturated heterocycles. The molecule has 1 aromatic rings. The summed E-state index contributed by atoms with van der Waals surface area (Å²) < 4.78 is 22.7. The fraction of sp³-hybridized carbons (Fsp3) is 0.556. The molecule has 1 aromatic carbocycles. The molecule has 0 aromatic heterocycles. The van der Waals surface area contributed by atoms with Gasteiger partial charge in [0.15, 0.2) is 11.5 Å². The van der Waals surface area contributed by atoms with Gasteiger partial charge in [-0.2, -0.15) is 0 Å². The van der Waals surface area contributed by atoms with E-state index in [1.54, 1.807) is 7.11 Å². The molecule has 24 heavy (non-hydrogen) atoms. The van der Waals surface area contributed by atoms with Gasteiger partial charge in [0.1, 0.15) is 5.72 Å². The van der Waals surface area contributed by atoms with E-state index in [4.69, 9.17) is 18.9 Å². The smallest absolute Gasteiger partial charge is 0.231 e. The average molecular weight is 331 g/mol. The standard InChI is InChI=1S/C18H21NO5/c1-19-8-16-17(4-3-12(21-2)7-18(17,19)20)13-6-15-14(23-10-24-15)5-11(13)9-22-16/h3-6,12,16,20H,7-10H2,1-2H3/t12-,16+,17-,18-/m1/s1. The molecule has 0 amide bonds. The lowest BCUT2D eigenvalue weighted by Crippen LogP contribution is -2.61. The molecular weight excluding hydrogens is 310 g/mol. The second-order valence-electron chi connectivity index (χ2n) is 7.07. The van der Waals surface area contributed by atoms with Gasteiger partial charge in [-0.1, -0.05) is 12.2 Å². The summed E-state index contributed by atoms with van der Waals surface area (Å²) in [7, 11) is 3.62. The molecule has 0 bridgehead atoms. The monoisotopic (exact) mass is 331 g/mol. The van der Waals surface area contributed by atoms with E-state index in [1.807, 2.05) is 30.2 Å². The van der Waals surface area contributed by atoms with Gasteiger partial charge in [0.05, 0.1) is 24.2 Å². The Labute approximate surface area is 140 Å². The van der Waals surface area contributed by atoms with E-state index < -0.39 is 11.1 Å². The number of benzene rings is 1. The van der Waals surface area contributed by atoms with Crippen LogP contribution in [0.2, 0.25) is 0 Å². The summed E-state index contributed by atoms with van der Waals surface area (Å²) in [5, 5.41) is 11.7. The van der Waals surface area contributed by atoms with Crippen LogP contribution < -0.4 is 9.47 Å². The average Bonchev–Trinajstić information content (AvgIpc) is 3.13. The Bertz CT molecular complexity index is 734. The summed E-state index contributed by atoms with van der Waals surface area (Å²) in [5.74, 6) is 1.49. The van der Waals surface area contributed by atoms with Crippen LogP contribution in [0.3, 0.4) is 0 Å². The zero-order valence-corrected chi connectivity index (χ0v) is 13.8. The first kappa shape index (κ1) is 14.7. The topological polar surface area (TPSA) is 60.4 Å². The van der Waals surface area contributed by atoms with Crippen molar-refractivity contribution in [3.63, 3.8) is 0 Å². The van der Waals surface area contributed by atoms with Crippen molar-refractivity contribution in [2.75, 3.05) is 27.5 Å². The lowest BCUT2D eigenvalue weighted by molar-refractivity contribution is -0.145. The molecule has 3 heterocycles. The van der Waals surface area contributed by atoms with Crippen molar-refractivity contribution in [1.29, 1.82) is 0 Å². The van der Waals surface area contributed by atoms with Crippen molar-refractivity contribution in [3.05, 3.63) is 35.4 Å². The van der Waals surface area contributed by atoms with E-state index in [9.17, 15) is 5.11 Å². The summed E-state index contributed by atoms with van der Waals surface area (Å²) >= 11 is 0. The van der Waals surface area contributed by atoms with Gasteiger partial charge in [-0.15, -0.1) is 0 Å². The number of rotatable bonds is 1. The van der Waals surface area contributed by atoms with E-state index in [2.05, 4.69) is 6.08 Å². The zero-order valence-electron chi connectivity index (χ0n) is 13.8. The summed E-state index contributed by atoms with van der Waals surface area (Å²) in [6, 6.07) is 4.01. The molecule has 1 aliphatic carbocycles. The lowest BCUT2D eigenvalue weighted by Gasteiger charge is -2.50. The number of ether oxygens (including phenoxy) is 4. The van der Waals surface area contributed by atoms with Crippen molar-refractivity contribution in [2.45, 2.75) is 36.4 Å². The SMILES string of the molecule is CO[C@@H]1C=C[C@@]23c4cc5c(cc4CO[C@H]2CN(C)[C@@]3(O)C1)OCO5. The zero-order chi connectivity index (χ0) is 16.5. The quantitative estimate of drug-likeness (QED) is 0.780. The Morgan fingerprint density at radius 1 is 1.29 bits per heavy atom. The molecule has 5 rings (SSSR count). The van der Waals surface area contributed by atoms with Gasteiger partial charge in [0, 0.05) is 20.1 Å². The first-order valence-electron chi connectivity index (χ1n) is 8.29. The van der Waals surface area contributed by atoms with Gasteiger partial charge in [-0.05, 0) is 30.3 Å². The van der Waals surface area contributed by atoms with Crippen molar-refractivity contribution in [3.8, 4) is 11.5 Å². The van der Waals surface area contributed by atoms with Crippen LogP contribution >= 0.6 is 0 Å². The minimum absolute atomic E-state index is 0.102. The Morgan fingerprint density at radius 2 is 2.08 bits per heavy atom. The highest BCUT2D eigenvalue weighted by Gasteiger charge is 2.66. The van der Waals surface area contributed by atoms with Gasteiger partial charge < -0.3 is 24.1 Å². The third-order valence-electron chi connectivity index (χ3n) is 6.09. The van der Waals surface area contributed by atoms with Crippen molar-refractivity contribution < 1.29 is 24.1 Å². The molecule has 0 unspecified atom stereocenters. The van der Waals surface area contributed by atoms with Crippen LogP contribution in [-0.2, 0) is 21.5 Å². The summed E-state index contributed by atoms with van der Waals surface area (Å²) in [4.78, 5) is 1.99. The molecule has 0 radical (unpaired) electrons. The molecular formula is C18H21NO5. The van der Waals surface area contributed by atoms with E-state index in [-0.39, 0.29) is 19.0 Å². The number of hydrogen-bond donors (Lipinski definition) is 1. The molecule has 0 saturated carbocycles. The number of hydrogen-bond acceptors (Lipinski definition) is 6. The molecule has 4 atom stereocenters. The van der Waals surface area contributed by atoms with Crippen LogP contribution in [0, 0.1) is 0 Å². The van der Waals surface area contributed by atoms with E-state index in [0.717, 1.165) is 22.6 Å². The maximum absolute atomic E-state index is 11.7. The number of aliphatic hydroxyl groups is 1. The number of fused-ring (bicyclic) bond motifs is 2. The second kappa shape index (κ2) is 4.73. The van der Waals surface area contributed by atoms with Crippen LogP contribution in [0.25, 0.3) is 0 Å². The number of likely N-dealkylation sites (N-methyl/N-ethyl adjacent to an activating group) is 1. The second-order valence-corrected chi connectivity index (χ2v) is 7.07. The summed E-state index contributed by atoms with van der Waals surface area (Å²) in [5.41, 5.74) is 0.437. The number of likely N-dealkylation sites (tertiary alicyclic amines) is 1. The minimum atomic E-state index is -1.06. The molecule has 6 heteroatoms. The van der Waals surface area contributed by atoms with Gasteiger partial charge in [0.2, 0.25) is 6.79 Å². The Hall–Kier alpha value is -1.60. The highest BCUT2D eigenvalue weighted by molar-refractivity contribution is 5.56. The number of methoxy groups -OCH3 is 1. The normalized spacial score (nSPS) is 39.5. The van der Waals surface area contributed by atoms with Gasteiger partial charge in [-0.25, -0.2) is 0 Å². The van der Waals surface area contributed by atoms with Gasteiger partial charge in [0.25, 0.3) is 0 Å². The largest absolute Gasteiger partial charge is 0.454 e. The fourth-order valence-electron chi connectivity index (χ4n) is 4.79. The predicted octanol–water partition coefficient (Wildman–Crippen LogP) is 1.16. The van der Waals surface area contributed by atoms with Crippen LogP contribution in [-0.4, -0.2) is 55.4 Å². The molecule has 1 fully saturated rings. The van der Waals surface area contributed by atoms with E-state index in [0.29, 0.717) is 19.6 Å². The minimum Gasteiger partial charge on any atom is -0.454 e. The highest BCUT2D eigenvalue weighted by Crippen LogP contribution is 2.57. The summed E-state index contributed by atoms with van der Waals surface area (Å²) in [6.07, 6.45) is 4.42. The highest BCUT2D eigenvalue weighted by atomic mass is 16.7. The Kier molecular flexibility index (Phi) is 2.90. The molecule has 1 spiro atoms. The molecule has 128 valence electrons. The molecule has 4 aliphatic rings. The molecule has 3 aliphatic heterocycles. The fourth-order valence-corrected chi connectivity index (χ4v) is 4.79. The third-order valence-corrected chi connectivity index (χ3v) is 6.09. The van der Waals surface area contributed by atoms with E-state index >= 15 is 0 Å². The van der Waals surface area contributed by atoms with Crippen LogP contribution in [0.15, 0.2) is 24.3 Å². The first-order chi connectivity index (χ1) is 11.6. The number of nitrogens with zero attached hydrogens (tertiary/aromatic N) is 1. The first-order valence-corrected chi connectivity index (χ1v) is 8.29. The Morgan fingerprint density at radius 3 is 2.88 bits per heavy atom. The predicted molar refractivity (Wildman–Crippen MR) is 85.0 cm³/mol. The van der Waals surface area contributed by atoms with Crippen LogP contribution in [0.1, 0.15) is 17.5 Å². The van der Waals surface area contributed by atoms with E-state index in [1.165, 1.54) is 0 Å². The van der Waals surface area contributed by atoms with Crippen molar-refractivity contribution >= 4 is 0 Å². The molecule has 6 nitrogen and oxygen atoms in total. The van der Waals surface area contributed by atoms with Gasteiger partial charge in [-0.3, -0.25) is 4.90 Å². The Balaban J connectivity index is 1.75.